The van der Waals surface area contributed by atoms with Crippen LogP contribution >= 0.6 is 0 Å². The van der Waals surface area contributed by atoms with E-state index in [0.29, 0.717) is 12.0 Å². The van der Waals surface area contributed by atoms with Gasteiger partial charge < -0.3 is 9.84 Å². The number of hydrogen-bond acceptors (Lipinski definition) is 3. The van der Waals surface area contributed by atoms with E-state index in [1.165, 1.54) is 38.6 Å². The van der Waals surface area contributed by atoms with Crippen molar-refractivity contribution in [2.45, 2.75) is 76.5 Å². The maximum atomic E-state index is 10.3. The lowest BCUT2D eigenvalue weighted by atomic mass is 9.80. The highest BCUT2D eigenvalue weighted by atomic mass is 16.5. The monoisotopic (exact) mass is 269 g/mol. The van der Waals surface area contributed by atoms with Crippen LogP contribution in [0.3, 0.4) is 0 Å². The summed E-state index contributed by atoms with van der Waals surface area (Å²) in [6, 6.07) is 0.614. The number of aliphatic hydroxyl groups is 1. The Morgan fingerprint density at radius 1 is 1.16 bits per heavy atom. The van der Waals surface area contributed by atoms with Crippen LogP contribution in [-0.4, -0.2) is 48.0 Å². The fourth-order valence-corrected chi connectivity index (χ4v) is 3.72. The molecular weight excluding hydrogens is 238 g/mol. The Balaban J connectivity index is 1.89. The third-order valence-corrected chi connectivity index (χ3v) is 5.24. The molecule has 1 aliphatic heterocycles. The third kappa shape index (κ3) is 3.93. The van der Waals surface area contributed by atoms with E-state index in [-0.39, 0.29) is 11.7 Å². The molecule has 1 saturated carbocycles. The predicted octanol–water partition coefficient (Wildman–Crippen LogP) is 2.82. The van der Waals surface area contributed by atoms with Crippen molar-refractivity contribution in [1.29, 1.82) is 0 Å². The summed E-state index contributed by atoms with van der Waals surface area (Å²) in [5.41, 5.74) is -0.0294. The smallest absolute Gasteiger partial charge is 0.0634 e. The largest absolute Gasteiger partial charge is 0.393 e. The van der Waals surface area contributed by atoms with Gasteiger partial charge in [0.05, 0.1) is 11.7 Å². The molecule has 0 aromatic rings. The lowest BCUT2D eigenvalue weighted by Gasteiger charge is -2.38. The Bertz CT molecular complexity index is 280. The summed E-state index contributed by atoms with van der Waals surface area (Å²) in [4.78, 5) is 2.61. The van der Waals surface area contributed by atoms with Gasteiger partial charge in [-0.3, -0.25) is 4.90 Å². The van der Waals surface area contributed by atoms with E-state index in [4.69, 9.17) is 4.74 Å². The Morgan fingerprint density at radius 2 is 1.89 bits per heavy atom. The van der Waals surface area contributed by atoms with Gasteiger partial charge in [0, 0.05) is 25.6 Å². The van der Waals surface area contributed by atoms with Gasteiger partial charge in [0.25, 0.3) is 0 Å². The number of aliphatic hydroxyl groups excluding tert-OH is 1. The minimum absolute atomic E-state index is 0.0294. The number of hydrogen-bond donors (Lipinski definition) is 1. The molecule has 0 aromatic heterocycles. The highest BCUT2D eigenvalue weighted by Gasteiger charge is 2.37. The van der Waals surface area contributed by atoms with Gasteiger partial charge in [-0.05, 0) is 52.5 Å². The van der Waals surface area contributed by atoms with Gasteiger partial charge in [-0.25, -0.2) is 0 Å². The second kappa shape index (κ2) is 6.55. The Hall–Kier alpha value is -0.120. The molecule has 1 aliphatic carbocycles. The molecule has 0 radical (unpaired) electrons. The SMILES string of the molecule is COC(C)(C)CCN1CCCC1C1CCCCC1O. The molecule has 1 heterocycles. The van der Waals surface area contributed by atoms with Gasteiger partial charge in [-0.1, -0.05) is 12.8 Å². The average Bonchev–Trinajstić information content (AvgIpc) is 2.85. The molecule has 0 spiro atoms. The molecule has 2 rings (SSSR count). The van der Waals surface area contributed by atoms with Gasteiger partial charge in [-0.15, -0.1) is 0 Å². The molecule has 2 fully saturated rings. The number of ether oxygens (including phenoxy) is 1. The molecule has 3 atom stereocenters. The second-order valence-electron chi connectivity index (χ2n) is 6.98. The summed E-state index contributed by atoms with van der Waals surface area (Å²) in [5.74, 6) is 0.516. The van der Waals surface area contributed by atoms with E-state index in [0.717, 1.165) is 19.4 Å². The number of methoxy groups -OCH3 is 1. The zero-order valence-corrected chi connectivity index (χ0v) is 12.9. The van der Waals surface area contributed by atoms with Crippen molar-refractivity contribution < 1.29 is 9.84 Å². The predicted molar refractivity (Wildman–Crippen MR) is 78.3 cm³/mol. The van der Waals surface area contributed by atoms with E-state index in [1.54, 1.807) is 7.11 Å². The van der Waals surface area contributed by atoms with Crippen LogP contribution < -0.4 is 0 Å². The van der Waals surface area contributed by atoms with Crippen LogP contribution in [0.15, 0.2) is 0 Å². The van der Waals surface area contributed by atoms with E-state index in [2.05, 4.69) is 18.7 Å². The average molecular weight is 269 g/mol. The zero-order chi connectivity index (χ0) is 13.9. The molecule has 2 aliphatic rings. The first-order chi connectivity index (χ1) is 9.03. The standard InChI is InChI=1S/C16H31NO2/c1-16(2,19-3)10-12-17-11-6-8-14(17)13-7-4-5-9-15(13)18/h13-15,18H,4-12H2,1-3H3. The first kappa shape index (κ1) is 15.3. The lowest BCUT2D eigenvalue weighted by Crippen LogP contribution is -2.44. The normalized spacial score (nSPS) is 33.8. The Morgan fingerprint density at radius 3 is 2.58 bits per heavy atom. The van der Waals surface area contributed by atoms with Gasteiger partial charge in [-0.2, -0.15) is 0 Å². The van der Waals surface area contributed by atoms with Gasteiger partial charge in [0.1, 0.15) is 0 Å². The maximum absolute atomic E-state index is 10.3. The zero-order valence-electron chi connectivity index (χ0n) is 12.9. The van der Waals surface area contributed by atoms with Crippen molar-refractivity contribution in [3.05, 3.63) is 0 Å². The highest BCUT2D eigenvalue weighted by molar-refractivity contribution is 4.91. The van der Waals surface area contributed by atoms with Gasteiger partial charge in [0.2, 0.25) is 0 Å². The molecule has 1 saturated heterocycles. The second-order valence-corrected chi connectivity index (χ2v) is 6.98. The lowest BCUT2D eigenvalue weighted by molar-refractivity contribution is -0.00776. The van der Waals surface area contributed by atoms with Crippen molar-refractivity contribution in [1.82, 2.24) is 4.90 Å². The Kier molecular flexibility index (Phi) is 5.27. The van der Waals surface area contributed by atoms with Crippen LogP contribution in [-0.2, 0) is 4.74 Å². The molecule has 1 N–H and O–H groups in total. The van der Waals surface area contributed by atoms with Crippen LogP contribution in [0.1, 0.15) is 58.8 Å². The molecule has 0 bridgehead atoms. The molecular formula is C16H31NO2. The van der Waals surface area contributed by atoms with Crippen LogP contribution in [0.4, 0.5) is 0 Å². The fraction of sp³-hybridized carbons (Fsp3) is 1.00. The first-order valence-corrected chi connectivity index (χ1v) is 8.01. The molecule has 0 amide bonds. The van der Waals surface area contributed by atoms with E-state index in [9.17, 15) is 5.11 Å². The summed E-state index contributed by atoms with van der Waals surface area (Å²) in [6.45, 7) is 6.63. The van der Waals surface area contributed by atoms with Crippen molar-refractivity contribution in [3.63, 3.8) is 0 Å². The summed E-state index contributed by atoms with van der Waals surface area (Å²) in [7, 11) is 1.80. The molecule has 0 aromatic carbocycles. The first-order valence-electron chi connectivity index (χ1n) is 8.01. The summed E-state index contributed by atoms with van der Waals surface area (Å²) in [6.07, 6.45) is 8.32. The highest BCUT2D eigenvalue weighted by Crippen LogP contribution is 2.35. The quantitative estimate of drug-likeness (QED) is 0.833. The molecule has 3 nitrogen and oxygen atoms in total. The molecule has 3 heteroatoms. The third-order valence-electron chi connectivity index (χ3n) is 5.24. The topological polar surface area (TPSA) is 32.7 Å². The van der Waals surface area contributed by atoms with E-state index >= 15 is 0 Å². The number of nitrogens with zero attached hydrogens (tertiary/aromatic N) is 1. The fourth-order valence-electron chi connectivity index (χ4n) is 3.72. The summed E-state index contributed by atoms with van der Waals surface area (Å²) in [5, 5.41) is 10.3. The number of rotatable bonds is 5. The van der Waals surface area contributed by atoms with Crippen LogP contribution in [0, 0.1) is 5.92 Å². The molecule has 19 heavy (non-hydrogen) atoms. The van der Waals surface area contributed by atoms with Crippen molar-refractivity contribution in [2.75, 3.05) is 20.2 Å². The minimum atomic E-state index is -0.0604. The van der Waals surface area contributed by atoms with Crippen LogP contribution in [0.25, 0.3) is 0 Å². The Labute approximate surface area is 118 Å². The van der Waals surface area contributed by atoms with Crippen LogP contribution in [0.5, 0.6) is 0 Å². The maximum Gasteiger partial charge on any atom is 0.0634 e. The van der Waals surface area contributed by atoms with Gasteiger partial charge >= 0.3 is 0 Å². The minimum Gasteiger partial charge on any atom is -0.393 e. The van der Waals surface area contributed by atoms with Crippen LogP contribution in [0.2, 0.25) is 0 Å². The van der Waals surface area contributed by atoms with E-state index in [1.807, 2.05) is 0 Å². The summed E-state index contributed by atoms with van der Waals surface area (Å²) >= 11 is 0. The molecule has 3 unspecified atom stereocenters. The number of likely N-dealkylation sites (tertiary alicyclic amines) is 1. The van der Waals surface area contributed by atoms with Crippen molar-refractivity contribution in [3.8, 4) is 0 Å². The van der Waals surface area contributed by atoms with E-state index < -0.39 is 0 Å². The van der Waals surface area contributed by atoms with Crippen molar-refractivity contribution >= 4 is 0 Å². The molecule has 112 valence electrons. The summed E-state index contributed by atoms with van der Waals surface area (Å²) < 4.78 is 5.52. The van der Waals surface area contributed by atoms with Gasteiger partial charge in [0.15, 0.2) is 0 Å². The van der Waals surface area contributed by atoms with Crippen molar-refractivity contribution in [2.24, 2.45) is 5.92 Å².